The van der Waals surface area contributed by atoms with E-state index in [1.54, 1.807) is 6.20 Å². The molecule has 1 aliphatic rings. The van der Waals surface area contributed by atoms with E-state index >= 15 is 0 Å². The Kier molecular flexibility index (Phi) is 1.82. The maximum atomic E-state index is 5.67. The summed E-state index contributed by atoms with van der Waals surface area (Å²) in [6.07, 6.45) is 1.75. The summed E-state index contributed by atoms with van der Waals surface area (Å²) in [4.78, 5) is 10.8. The van der Waals surface area contributed by atoms with Crippen LogP contribution in [0.2, 0.25) is 0 Å². The van der Waals surface area contributed by atoms with Crippen molar-refractivity contribution in [3.8, 4) is 11.6 Å². The summed E-state index contributed by atoms with van der Waals surface area (Å²) in [5.41, 5.74) is 1.84. The van der Waals surface area contributed by atoms with Crippen LogP contribution < -0.4 is 0 Å². The number of pyridine rings is 1. The highest BCUT2D eigenvalue weighted by Gasteiger charge is 2.23. The molecule has 0 fully saturated rings. The van der Waals surface area contributed by atoms with Crippen molar-refractivity contribution in [2.24, 2.45) is 0 Å². The van der Waals surface area contributed by atoms with Gasteiger partial charge in [-0.2, -0.15) is 0 Å². The summed E-state index contributed by atoms with van der Waals surface area (Å²) in [6.45, 7) is 1.71. The number of hydrogen-bond acceptors (Lipinski definition) is 4. The molecule has 0 saturated carbocycles. The number of fused-ring (bicyclic) bond motifs is 1. The molecule has 0 atom stereocenters. The maximum absolute atomic E-state index is 5.67. The zero-order valence-electron chi connectivity index (χ0n) is 8.47. The van der Waals surface area contributed by atoms with E-state index in [0.717, 1.165) is 30.2 Å². The summed E-state index contributed by atoms with van der Waals surface area (Å²) in [5, 5.41) is 0. The Bertz CT molecular complexity index is 454. The second kappa shape index (κ2) is 3.17. The van der Waals surface area contributed by atoms with E-state index < -0.39 is 0 Å². The summed E-state index contributed by atoms with van der Waals surface area (Å²) in [5.74, 6) is 1.60. The molecule has 0 spiro atoms. The number of aromatic nitrogens is 2. The summed E-state index contributed by atoms with van der Waals surface area (Å²) < 4.78 is 5.67. The Morgan fingerprint density at radius 1 is 1.33 bits per heavy atom. The molecule has 0 amide bonds. The van der Waals surface area contributed by atoms with E-state index in [1.807, 2.05) is 18.2 Å². The first-order valence-electron chi connectivity index (χ1n) is 4.91. The van der Waals surface area contributed by atoms with Crippen LogP contribution in [-0.4, -0.2) is 21.9 Å². The number of oxazole rings is 1. The van der Waals surface area contributed by atoms with Crippen LogP contribution in [-0.2, 0) is 13.1 Å². The molecule has 1 aliphatic heterocycles. The number of hydrogen-bond donors (Lipinski definition) is 0. The van der Waals surface area contributed by atoms with Crippen LogP contribution >= 0.6 is 0 Å². The third kappa shape index (κ3) is 1.43. The second-order valence-electron chi connectivity index (χ2n) is 3.78. The molecule has 2 aromatic heterocycles. The highest BCUT2D eigenvalue weighted by molar-refractivity contribution is 5.47. The van der Waals surface area contributed by atoms with Gasteiger partial charge in [0.1, 0.15) is 11.5 Å². The van der Waals surface area contributed by atoms with Crippen LogP contribution in [0.15, 0.2) is 28.8 Å². The average Bonchev–Trinajstić information content (AvgIpc) is 2.76. The Labute approximate surface area is 87.6 Å². The van der Waals surface area contributed by atoms with Gasteiger partial charge in [0.25, 0.3) is 0 Å². The van der Waals surface area contributed by atoms with Crippen LogP contribution in [0.3, 0.4) is 0 Å². The largest absolute Gasteiger partial charge is 0.438 e. The lowest BCUT2D eigenvalue weighted by Crippen LogP contribution is -2.08. The fraction of sp³-hybridized carbons (Fsp3) is 0.273. The standard InChI is InChI=1S/C11H11N3O/c1-14-6-9-10(7-14)15-11(13-9)8-4-2-3-5-12-8/h2-5H,6-7H2,1H3. The Morgan fingerprint density at radius 3 is 3.00 bits per heavy atom. The molecule has 0 N–H and O–H groups in total. The van der Waals surface area contributed by atoms with E-state index in [4.69, 9.17) is 4.42 Å². The minimum absolute atomic E-state index is 0.633. The molecular weight excluding hydrogens is 190 g/mol. The molecule has 4 heteroatoms. The lowest BCUT2D eigenvalue weighted by molar-refractivity contribution is 0.325. The van der Waals surface area contributed by atoms with Crippen LogP contribution in [0.25, 0.3) is 11.6 Å². The second-order valence-corrected chi connectivity index (χ2v) is 3.78. The van der Waals surface area contributed by atoms with Gasteiger partial charge in [-0.05, 0) is 19.2 Å². The monoisotopic (exact) mass is 201 g/mol. The van der Waals surface area contributed by atoms with Gasteiger partial charge in [0.2, 0.25) is 5.89 Å². The van der Waals surface area contributed by atoms with Gasteiger partial charge in [0.15, 0.2) is 0 Å². The van der Waals surface area contributed by atoms with Crippen LogP contribution in [0.1, 0.15) is 11.5 Å². The highest BCUT2D eigenvalue weighted by atomic mass is 16.4. The van der Waals surface area contributed by atoms with Crippen molar-refractivity contribution >= 4 is 0 Å². The zero-order valence-corrected chi connectivity index (χ0v) is 8.47. The van der Waals surface area contributed by atoms with Gasteiger partial charge >= 0.3 is 0 Å². The first-order chi connectivity index (χ1) is 7.33. The molecule has 3 rings (SSSR count). The normalized spacial score (nSPS) is 15.5. The van der Waals surface area contributed by atoms with Crippen LogP contribution in [0.4, 0.5) is 0 Å². The lowest BCUT2D eigenvalue weighted by atomic mass is 10.3. The minimum Gasteiger partial charge on any atom is -0.438 e. The van der Waals surface area contributed by atoms with E-state index in [0.29, 0.717) is 5.89 Å². The molecule has 2 aromatic rings. The van der Waals surface area contributed by atoms with Gasteiger partial charge in [-0.15, -0.1) is 0 Å². The molecule has 0 aliphatic carbocycles. The third-order valence-corrected chi connectivity index (χ3v) is 2.50. The van der Waals surface area contributed by atoms with Crippen molar-refractivity contribution in [2.75, 3.05) is 7.05 Å². The Balaban J connectivity index is 2.00. The smallest absolute Gasteiger partial charge is 0.245 e. The molecule has 4 nitrogen and oxygen atoms in total. The van der Waals surface area contributed by atoms with E-state index in [2.05, 4.69) is 21.9 Å². The summed E-state index contributed by atoms with van der Waals surface area (Å²) >= 11 is 0. The van der Waals surface area contributed by atoms with Crippen molar-refractivity contribution in [3.63, 3.8) is 0 Å². The molecule has 0 bridgehead atoms. The van der Waals surface area contributed by atoms with Gasteiger partial charge in [0.05, 0.1) is 12.2 Å². The van der Waals surface area contributed by atoms with Crippen molar-refractivity contribution in [1.82, 2.24) is 14.9 Å². The van der Waals surface area contributed by atoms with Gasteiger partial charge in [-0.25, -0.2) is 4.98 Å². The van der Waals surface area contributed by atoms with Crippen molar-refractivity contribution < 1.29 is 4.42 Å². The van der Waals surface area contributed by atoms with E-state index in [9.17, 15) is 0 Å². The van der Waals surface area contributed by atoms with Crippen molar-refractivity contribution in [3.05, 3.63) is 35.9 Å². The van der Waals surface area contributed by atoms with Crippen LogP contribution in [0, 0.1) is 0 Å². The quantitative estimate of drug-likeness (QED) is 0.704. The molecule has 15 heavy (non-hydrogen) atoms. The first kappa shape index (κ1) is 8.61. The van der Waals surface area contributed by atoms with Gasteiger partial charge in [-0.1, -0.05) is 6.07 Å². The molecular formula is C11H11N3O. The lowest BCUT2D eigenvalue weighted by Gasteiger charge is -2.03. The average molecular weight is 201 g/mol. The predicted molar refractivity (Wildman–Crippen MR) is 54.9 cm³/mol. The zero-order chi connectivity index (χ0) is 10.3. The predicted octanol–water partition coefficient (Wildman–Crippen LogP) is 1.68. The molecule has 76 valence electrons. The molecule has 3 heterocycles. The SMILES string of the molecule is CN1Cc2nc(-c3ccccn3)oc2C1. The molecule has 0 aromatic carbocycles. The maximum Gasteiger partial charge on any atom is 0.245 e. The first-order valence-corrected chi connectivity index (χ1v) is 4.91. The van der Waals surface area contributed by atoms with Gasteiger partial charge in [-0.3, -0.25) is 9.88 Å². The van der Waals surface area contributed by atoms with Crippen LogP contribution in [0.5, 0.6) is 0 Å². The Hall–Kier alpha value is -1.68. The van der Waals surface area contributed by atoms with Crippen molar-refractivity contribution in [1.29, 1.82) is 0 Å². The fourth-order valence-corrected chi connectivity index (χ4v) is 1.79. The Morgan fingerprint density at radius 2 is 2.27 bits per heavy atom. The molecule has 0 saturated heterocycles. The topological polar surface area (TPSA) is 42.2 Å². The fourth-order valence-electron chi connectivity index (χ4n) is 1.79. The minimum atomic E-state index is 0.633. The highest BCUT2D eigenvalue weighted by Crippen LogP contribution is 2.26. The van der Waals surface area contributed by atoms with E-state index in [1.165, 1.54) is 0 Å². The third-order valence-electron chi connectivity index (χ3n) is 2.50. The summed E-state index contributed by atoms with van der Waals surface area (Å²) in [6, 6.07) is 5.72. The van der Waals surface area contributed by atoms with Gasteiger partial charge in [0, 0.05) is 12.7 Å². The molecule has 0 unspecified atom stereocenters. The van der Waals surface area contributed by atoms with Gasteiger partial charge < -0.3 is 4.42 Å². The number of rotatable bonds is 1. The number of nitrogens with zero attached hydrogens (tertiary/aromatic N) is 3. The van der Waals surface area contributed by atoms with Crippen molar-refractivity contribution in [2.45, 2.75) is 13.1 Å². The molecule has 0 radical (unpaired) electrons. The van der Waals surface area contributed by atoms with E-state index in [-0.39, 0.29) is 0 Å². The summed E-state index contributed by atoms with van der Waals surface area (Å²) in [7, 11) is 2.05.